The largest absolute Gasteiger partial charge is 0.465 e. The summed E-state index contributed by atoms with van der Waals surface area (Å²) in [5.74, 6) is -0.816. The van der Waals surface area contributed by atoms with Crippen LogP contribution in [-0.4, -0.2) is 24.6 Å². The average molecular weight is 364 g/mol. The molecule has 0 saturated heterocycles. The highest BCUT2D eigenvalue weighted by Crippen LogP contribution is 2.10. The minimum atomic E-state index is -0.708. The summed E-state index contributed by atoms with van der Waals surface area (Å²) in [7, 11) is 0. The SMILES string of the molecule is CCOC(=O)C(N)Cc1ccc(C(=O)OCc2ccccc2)cc1.Cl. The number of rotatable bonds is 7. The molecule has 0 spiro atoms. The van der Waals surface area contributed by atoms with E-state index in [0.717, 1.165) is 11.1 Å². The Morgan fingerprint density at radius 1 is 0.960 bits per heavy atom. The van der Waals surface area contributed by atoms with Crippen molar-refractivity contribution in [3.63, 3.8) is 0 Å². The Morgan fingerprint density at radius 3 is 2.20 bits per heavy atom. The summed E-state index contributed by atoms with van der Waals surface area (Å²) in [6, 6.07) is 15.6. The lowest BCUT2D eigenvalue weighted by Crippen LogP contribution is -2.34. The zero-order valence-electron chi connectivity index (χ0n) is 14.0. The Morgan fingerprint density at radius 2 is 1.60 bits per heavy atom. The molecule has 5 nitrogen and oxygen atoms in total. The summed E-state index contributed by atoms with van der Waals surface area (Å²) in [6.07, 6.45) is 0.359. The van der Waals surface area contributed by atoms with Crippen molar-refractivity contribution < 1.29 is 19.1 Å². The molecular weight excluding hydrogens is 342 g/mol. The first kappa shape index (κ1) is 20.7. The second-order valence-corrected chi connectivity index (χ2v) is 5.32. The third kappa shape index (κ3) is 6.57. The first-order chi connectivity index (χ1) is 11.6. The smallest absolute Gasteiger partial charge is 0.338 e. The third-order valence-corrected chi connectivity index (χ3v) is 3.45. The van der Waals surface area contributed by atoms with Crippen molar-refractivity contribution in [1.82, 2.24) is 0 Å². The fourth-order valence-corrected chi connectivity index (χ4v) is 2.17. The molecule has 0 heterocycles. The van der Waals surface area contributed by atoms with Crippen LogP contribution in [0.5, 0.6) is 0 Å². The topological polar surface area (TPSA) is 78.6 Å². The predicted octanol–water partition coefficient (Wildman–Crippen LogP) is 2.90. The van der Waals surface area contributed by atoms with Crippen molar-refractivity contribution >= 4 is 24.3 Å². The minimum absolute atomic E-state index is 0. The number of carbonyl (C=O) groups is 2. The molecule has 6 heteroatoms. The number of halogens is 1. The van der Waals surface area contributed by atoms with Gasteiger partial charge in [0.1, 0.15) is 12.6 Å². The van der Waals surface area contributed by atoms with Gasteiger partial charge in [0, 0.05) is 0 Å². The van der Waals surface area contributed by atoms with E-state index in [-0.39, 0.29) is 25.0 Å². The molecule has 0 radical (unpaired) electrons. The van der Waals surface area contributed by atoms with E-state index in [1.807, 2.05) is 30.3 Å². The van der Waals surface area contributed by atoms with Crippen LogP contribution in [0.15, 0.2) is 54.6 Å². The standard InChI is InChI=1S/C19H21NO4.ClH/c1-2-23-19(22)17(20)12-14-8-10-16(11-9-14)18(21)24-13-15-6-4-3-5-7-15;/h3-11,17H,2,12-13,20H2,1H3;1H. The van der Waals surface area contributed by atoms with Gasteiger partial charge in [0.15, 0.2) is 0 Å². The average Bonchev–Trinajstić information content (AvgIpc) is 2.61. The van der Waals surface area contributed by atoms with Crippen LogP contribution in [0.4, 0.5) is 0 Å². The van der Waals surface area contributed by atoms with Gasteiger partial charge in [-0.15, -0.1) is 12.4 Å². The number of benzene rings is 2. The molecule has 0 bridgehead atoms. The van der Waals surface area contributed by atoms with Crippen LogP contribution in [-0.2, 0) is 27.3 Å². The first-order valence-corrected chi connectivity index (χ1v) is 7.82. The Bertz CT molecular complexity index is 674. The van der Waals surface area contributed by atoms with Crippen LogP contribution in [0, 0.1) is 0 Å². The molecule has 0 fully saturated rings. The van der Waals surface area contributed by atoms with Crippen LogP contribution in [0.3, 0.4) is 0 Å². The number of esters is 2. The molecule has 0 aliphatic rings. The molecule has 0 aliphatic carbocycles. The van der Waals surface area contributed by atoms with Gasteiger partial charge in [0.25, 0.3) is 0 Å². The van der Waals surface area contributed by atoms with Crippen LogP contribution >= 0.6 is 12.4 Å². The second kappa shape index (κ2) is 10.5. The molecule has 0 aromatic heterocycles. The van der Waals surface area contributed by atoms with E-state index in [1.54, 1.807) is 31.2 Å². The lowest BCUT2D eigenvalue weighted by Gasteiger charge is -2.11. The minimum Gasteiger partial charge on any atom is -0.465 e. The van der Waals surface area contributed by atoms with Gasteiger partial charge in [-0.3, -0.25) is 4.79 Å². The summed E-state index contributed by atoms with van der Waals surface area (Å²) in [5.41, 5.74) is 8.03. The van der Waals surface area contributed by atoms with Gasteiger partial charge in [0.05, 0.1) is 12.2 Å². The molecule has 134 valence electrons. The molecule has 2 aromatic carbocycles. The van der Waals surface area contributed by atoms with Crippen molar-refractivity contribution in [2.24, 2.45) is 5.73 Å². The lowest BCUT2D eigenvalue weighted by atomic mass is 10.0. The molecule has 1 atom stereocenters. The Kier molecular flexibility index (Phi) is 8.67. The van der Waals surface area contributed by atoms with Crippen LogP contribution in [0.1, 0.15) is 28.4 Å². The van der Waals surface area contributed by atoms with Crippen molar-refractivity contribution in [1.29, 1.82) is 0 Å². The zero-order valence-corrected chi connectivity index (χ0v) is 14.8. The van der Waals surface area contributed by atoms with Gasteiger partial charge in [-0.2, -0.15) is 0 Å². The van der Waals surface area contributed by atoms with Crippen LogP contribution in [0.25, 0.3) is 0 Å². The van der Waals surface area contributed by atoms with Crippen molar-refractivity contribution in [2.45, 2.75) is 26.0 Å². The second-order valence-electron chi connectivity index (χ2n) is 5.32. The number of carbonyl (C=O) groups excluding carboxylic acids is 2. The van der Waals surface area contributed by atoms with E-state index >= 15 is 0 Å². The van der Waals surface area contributed by atoms with Crippen LogP contribution in [0.2, 0.25) is 0 Å². The third-order valence-electron chi connectivity index (χ3n) is 3.45. The first-order valence-electron chi connectivity index (χ1n) is 7.82. The van der Waals surface area contributed by atoms with E-state index in [9.17, 15) is 9.59 Å². The quantitative estimate of drug-likeness (QED) is 0.765. The molecule has 2 aromatic rings. The normalized spacial score (nSPS) is 11.1. The summed E-state index contributed by atoms with van der Waals surface area (Å²) in [5, 5.41) is 0. The van der Waals surface area contributed by atoms with E-state index in [1.165, 1.54) is 0 Å². The van der Waals surface area contributed by atoms with E-state index in [2.05, 4.69) is 0 Å². The van der Waals surface area contributed by atoms with Crippen molar-refractivity contribution in [3.05, 3.63) is 71.3 Å². The Hall–Kier alpha value is -2.37. The summed E-state index contributed by atoms with van der Waals surface area (Å²) in [4.78, 5) is 23.5. The molecular formula is C19H22ClNO4. The number of hydrogen-bond acceptors (Lipinski definition) is 5. The number of ether oxygens (including phenoxy) is 2. The monoisotopic (exact) mass is 363 g/mol. The molecule has 2 N–H and O–H groups in total. The highest BCUT2D eigenvalue weighted by molar-refractivity contribution is 5.89. The molecule has 25 heavy (non-hydrogen) atoms. The van der Waals surface area contributed by atoms with Gasteiger partial charge >= 0.3 is 11.9 Å². The molecule has 0 aliphatic heterocycles. The van der Waals surface area contributed by atoms with Crippen molar-refractivity contribution in [2.75, 3.05) is 6.61 Å². The van der Waals surface area contributed by atoms with Gasteiger partial charge in [0.2, 0.25) is 0 Å². The van der Waals surface area contributed by atoms with E-state index in [4.69, 9.17) is 15.2 Å². The van der Waals surface area contributed by atoms with E-state index < -0.39 is 12.0 Å². The lowest BCUT2D eigenvalue weighted by molar-refractivity contribution is -0.144. The molecule has 2 rings (SSSR count). The fraction of sp³-hybridized carbons (Fsp3) is 0.263. The maximum Gasteiger partial charge on any atom is 0.338 e. The fourth-order valence-electron chi connectivity index (χ4n) is 2.17. The Labute approximate surface area is 153 Å². The Balaban J connectivity index is 0.00000312. The molecule has 0 amide bonds. The molecule has 0 saturated carbocycles. The van der Waals surface area contributed by atoms with E-state index in [0.29, 0.717) is 18.6 Å². The summed E-state index contributed by atoms with van der Waals surface area (Å²) in [6.45, 7) is 2.27. The van der Waals surface area contributed by atoms with Gasteiger partial charge in [-0.25, -0.2) is 4.79 Å². The highest BCUT2D eigenvalue weighted by atomic mass is 35.5. The van der Waals surface area contributed by atoms with Gasteiger partial charge < -0.3 is 15.2 Å². The molecule has 1 unspecified atom stereocenters. The predicted molar refractivity (Wildman–Crippen MR) is 97.6 cm³/mol. The van der Waals surface area contributed by atoms with Gasteiger partial charge in [-0.1, -0.05) is 42.5 Å². The van der Waals surface area contributed by atoms with Gasteiger partial charge in [-0.05, 0) is 36.6 Å². The van der Waals surface area contributed by atoms with Crippen LogP contribution < -0.4 is 5.73 Å². The zero-order chi connectivity index (χ0) is 17.4. The maximum absolute atomic E-state index is 12.0. The summed E-state index contributed by atoms with van der Waals surface area (Å²) >= 11 is 0. The number of hydrogen-bond donors (Lipinski definition) is 1. The highest BCUT2D eigenvalue weighted by Gasteiger charge is 2.15. The maximum atomic E-state index is 12.0. The van der Waals surface area contributed by atoms with Crippen molar-refractivity contribution in [3.8, 4) is 0 Å². The summed E-state index contributed by atoms with van der Waals surface area (Å²) < 4.78 is 10.1. The number of nitrogens with two attached hydrogens (primary N) is 1.